The molecule has 0 bridgehead atoms. The summed E-state index contributed by atoms with van der Waals surface area (Å²) in [5.41, 5.74) is 0. The second kappa shape index (κ2) is 6.21. The Morgan fingerprint density at radius 1 is 1.46 bits per heavy atom. The van der Waals surface area contributed by atoms with E-state index in [4.69, 9.17) is 4.74 Å². The van der Waals surface area contributed by atoms with Crippen molar-refractivity contribution in [2.24, 2.45) is 0 Å². The van der Waals surface area contributed by atoms with E-state index in [1.165, 1.54) is 3.57 Å². The fourth-order valence-corrected chi connectivity index (χ4v) is 1.49. The summed E-state index contributed by atoms with van der Waals surface area (Å²) in [4.78, 5) is 0. The van der Waals surface area contributed by atoms with E-state index in [1.807, 2.05) is 18.2 Å². The number of hydrogen-bond donors (Lipinski definition) is 1. The van der Waals surface area contributed by atoms with Crippen LogP contribution in [0.15, 0.2) is 24.3 Å². The van der Waals surface area contributed by atoms with Crippen molar-refractivity contribution in [3.8, 4) is 5.75 Å². The van der Waals surface area contributed by atoms with E-state index in [-0.39, 0.29) is 0 Å². The van der Waals surface area contributed by atoms with Crippen molar-refractivity contribution in [2.45, 2.75) is 6.92 Å². The molecular weight excluding hydrogens is 277 g/mol. The van der Waals surface area contributed by atoms with Crippen molar-refractivity contribution in [1.82, 2.24) is 5.32 Å². The Labute approximate surface area is 92.8 Å². The van der Waals surface area contributed by atoms with Gasteiger partial charge in [0.05, 0.1) is 0 Å². The predicted octanol–water partition coefficient (Wildman–Crippen LogP) is 2.28. The molecule has 1 N–H and O–H groups in total. The molecule has 0 radical (unpaired) electrons. The van der Waals surface area contributed by atoms with Gasteiger partial charge in [0.15, 0.2) is 0 Å². The second-order valence-electron chi connectivity index (χ2n) is 2.66. The standard InChI is InChI=1S/C10H14INO/c1-2-12-6-7-13-10-5-3-4-9(11)8-10/h3-5,8,12H,2,6-7H2,1H3. The first kappa shape index (κ1) is 10.8. The number of benzene rings is 1. The lowest BCUT2D eigenvalue weighted by Gasteiger charge is -2.06. The third-order valence-electron chi connectivity index (χ3n) is 1.59. The van der Waals surface area contributed by atoms with Gasteiger partial charge < -0.3 is 10.1 Å². The molecule has 0 heterocycles. The maximum absolute atomic E-state index is 5.52. The third kappa shape index (κ3) is 4.47. The van der Waals surface area contributed by atoms with Crippen molar-refractivity contribution in [3.05, 3.63) is 27.8 Å². The Kier molecular flexibility index (Phi) is 5.15. The van der Waals surface area contributed by atoms with Crippen LogP contribution in [0.3, 0.4) is 0 Å². The molecule has 0 saturated heterocycles. The van der Waals surface area contributed by atoms with Gasteiger partial charge in [-0.1, -0.05) is 13.0 Å². The summed E-state index contributed by atoms with van der Waals surface area (Å²) in [5.74, 6) is 0.949. The molecule has 0 aliphatic heterocycles. The highest BCUT2D eigenvalue weighted by Crippen LogP contribution is 2.14. The van der Waals surface area contributed by atoms with E-state index in [1.54, 1.807) is 0 Å². The molecular formula is C10H14INO. The molecule has 0 aliphatic rings. The van der Waals surface area contributed by atoms with Gasteiger partial charge >= 0.3 is 0 Å². The summed E-state index contributed by atoms with van der Waals surface area (Å²) >= 11 is 2.28. The first-order chi connectivity index (χ1) is 6.33. The molecule has 0 fully saturated rings. The van der Waals surface area contributed by atoms with Crippen LogP contribution in [-0.2, 0) is 0 Å². The number of rotatable bonds is 5. The molecule has 1 rings (SSSR count). The number of hydrogen-bond acceptors (Lipinski definition) is 2. The molecule has 0 atom stereocenters. The summed E-state index contributed by atoms with van der Waals surface area (Å²) in [6.45, 7) is 4.72. The van der Waals surface area contributed by atoms with E-state index < -0.39 is 0 Å². The molecule has 0 unspecified atom stereocenters. The first-order valence-corrected chi connectivity index (χ1v) is 5.50. The Bertz CT molecular complexity index is 252. The smallest absolute Gasteiger partial charge is 0.120 e. The number of nitrogens with one attached hydrogen (secondary N) is 1. The van der Waals surface area contributed by atoms with Gasteiger partial charge in [0.2, 0.25) is 0 Å². The fourth-order valence-electron chi connectivity index (χ4n) is 0.975. The topological polar surface area (TPSA) is 21.3 Å². The third-order valence-corrected chi connectivity index (χ3v) is 2.26. The van der Waals surface area contributed by atoms with Gasteiger partial charge in [-0.3, -0.25) is 0 Å². The summed E-state index contributed by atoms with van der Waals surface area (Å²) in [7, 11) is 0. The highest BCUT2D eigenvalue weighted by atomic mass is 127. The van der Waals surface area contributed by atoms with Crippen molar-refractivity contribution in [1.29, 1.82) is 0 Å². The number of likely N-dealkylation sites (N-methyl/N-ethyl adjacent to an activating group) is 1. The summed E-state index contributed by atoms with van der Waals surface area (Å²) < 4.78 is 6.73. The summed E-state index contributed by atoms with van der Waals surface area (Å²) in [5, 5.41) is 3.21. The maximum Gasteiger partial charge on any atom is 0.120 e. The largest absolute Gasteiger partial charge is 0.492 e. The van der Waals surface area contributed by atoms with Crippen LogP contribution < -0.4 is 10.1 Å². The molecule has 1 aromatic carbocycles. The number of ether oxygens (including phenoxy) is 1. The van der Waals surface area contributed by atoms with E-state index in [0.717, 1.165) is 25.4 Å². The van der Waals surface area contributed by atoms with Gasteiger partial charge in [-0.05, 0) is 47.3 Å². The van der Waals surface area contributed by atoms with E-state index >= 15 is 0 Å². The fraction of sp³-hybridized carbons (Fsp3) is 0.400. The van der Waals surface area contributed by atoms with Crippen LogP contribution in [0.25, 0.3) is 0 Å². The molecule has 0 spiro atoms. The van der Waals surface area contributed by atoms with Gasteiger partial charge in [-0.25, -0.2) is 0 Å². The number of halogens is 1. The highest BCUT2D eigenvalue weighted by molar-refractivity contribution is 14.1. The van der Waals surface area contributed by atoms with Crippen LogP contribution in [0.5, 0.6) is 5.75 Å². The molecule has 13 heavy (non-hydrogen) atoms. The molecule has 1 aromatic rings. The Hall–Kier alpha value is -0.290. The molecule has 3 heteroatoms. The average molecular weight is 291 g/mol. The van der Waals surface area contributed by atoms with Crippen molar-refractivity contribution in [2.75, 3.05) is 19.7 Å². The van der Waals surface area contributed by atoms with Gasteiger partial charge in [0.25, 0.3) is 0 Å². The van der Waals surface area contributed by atoms with Crippen LogP contribution in [0.2, 0.25) is 0 Å². The minimum Gasteiger partial charge on any atom is -0.492 e. The van der Waals surface area contributed by atoms with E-state index in [2.05, 4.69) is 40.9 Å². The molecule has 0 aromatic heterocycles. The molecule has 0 aliphatic carbocycles. The zero-order chi connectivity index (χ0) is 9.52. The SMILES string of the molecule is CCNCCOc1cccc(I)c1. The highest BCUT2D eigenvalue weighted by Gasteiger charge is 1.93. The normalized spacial score (nSPS) is 10.0. The molecule has 72 valence electrons. The minimum absolute atomic E-state index is 0.730. The predicted molar refractivity (Wildman–Crippen MR) is 63.2 cm³/mol. The minimum atomic E-state index is 0.730. The van der Waals surface area contributed by atoms with Gasteiger partial charge in [0, 0.05) is 10.1 Å². The Morgan fingerprint density at radius 3 is 3.00 bits per heavy atom. The maximum atomic E-state index is 5.52. The lowest BCUT2D eigenvalue weighted by Crippen LogP contribution is -2.20. The van der Waals surface area contributed by atoms with Crippen LogP contribution in [-0.4, -0.2) is 19.7 Å². The molecule has 0 saturated carbocycles. The van der Waals surface area contributed by atoms with Crippen molar-refractivity contribution in [3.63, 3.8) is 0 Å². The van der Waals surface area contributed by atoms with Crippen LogP contribution in [0.4, 0.5) is 0 Å². The monoisotopic (exact) mass is 291 g/mol. The van der Waals surface area contributed by atoms with Crippen molar-refractivity contribution >= 4 is 22.6 Å². The zero-order valence-corrected chi connectivity index (χ0v) is 9.87. The molecule has 2 nitrogen and oxygen atoms in total. The van der Waals surface area contributed by atoms with Crippen molar-refractivity contribution < 1.29 is 4.74 Å². The van der Waals surface area contributed by atoms with Gasteiger partial charge in [-0.2, -0.15) is 0 Å². The van der Waals surface area contributed by atoms with Gasteiger partial charge in [-0.15, -0.1) is 0 Å². The summed E-state index contributed by atoms with van der Waals surface area (Å²) in [6.07, 6.45) is 0. The van der Waals surface area contributed by atoms with Crippen LogP contribution in [0, 0.1) is 3.57 Å². The van der Waals surface area contributed by atoms with E-state index in [9.17, 15) is 0 Å². The second-order valence-corrected chi connectivity index (χ2v) is 3.91. The first-order valence-electron chi connectivity index (χ1n) is 4.42. The Morgan fingerprint density at radius 2 is 2.31 bits per heavy atom. The Balaban J connectivity index is 2.28. The molecule has 0 amide bonds. The van der Waals surface area contributed by atoms with Crippen LogP contribution in [0.1, 0.15) is 6.92 Å². The lowest BCUT2D eigenvalue weighted by atomic mass is 10.3. The lowest BCUT2D eigenvalue weighted by molar-refractivity contribution is 0.315. The zero-order valence-electron chi connectivity index (χ0n) is 7.72. The van der Waals surface area contributed by atoms with Crippen LogP contribution >= 0.6 is 22.6 Å². The summed E-state index contributed by atoms with van der Waals surface area (Å²) in [6, 6.07) is 8.07. The quantitative estimate of drug-likeness (QED) is 0.664. The van der Waals surface area contributed by atoms with Gasteiger partial charge in [0.1, 0.15) is 12.4 Å². The average Bonchev–Trinajstić information content (AvgIpc) is 2.13. The van der Waals surface area contributed by atoms with E-state index in [0.29, 0.717) is 0 Å².